The second-order valence-electron chi connectivity index (χ2n) is 6.04. The number of ether oxygens (including phenoxy) is 2. The quantitative estimate of drug-likeness (QED) is 0.734. The van der Waals surface area contributed by atoms with Gasteiger partial charge < -0.3 is 19.5 Å². The molecular weight excluding hydrogens is 310 g/mol. The number of carbonyl (C=O) groups excluding carboxylic acids is 1. The van der Waals surface area contributed by atoms with E-state index in [0.717, 1.165) is 24.8 Å². The van der Waals surface area contributed by atoms with Crippen molar-refractivity contribution in [1.29, 1.82) is 0 Å². The van der Waals surface area contributed by atoms with Gasteiger partial charge in [-0.1, -0.05) is 18.2 Å². The highest BCUT2D eigenvalue weighted by molar-refractivity contribution is 5.89. The Morgan fingerprint density at radius 3 is 2.58 bits per heavy atom. The molecule has 0 atom stereocenters. The van der Waals surface area contributed by atoms with Crippen molar-refractivity contribution in [3.8, 4) is 0 Å². The lowest BCUT2D eigenvalue weighted by atomic mass is 9.88. The standard InChI is InChI=1S/C18H25NO5/c1-23-10-11-24-13-17(20)19-8-6-14(7-9-19)12-15-4-2-3-5-16(15)18(21)22/h2-5,14H,6-13H2,1H3,(H,21,22). The highest BCUT2D eigenvalue weighted by Crippen LogP contribution is 2.23. The number of aromatic carboxylic acids is 1. The van der Waals surface area contributed by atoms with Crippen molar-refractivity contribution in [3.05, 3.63) is 35.4 Å². The first-order valence-electron chi connectivity index (χ1n) is 8.27. The minimum absolute atomic E-state index is 0.00971. The highest BCUT2D eigenvalue weighted by Gasteiger charge is 2.24. The first-order valence-corrected chi connectivity index (χ1v) is 8.27. The Bertz CT molecular complexity index is 552. The van der Waals surface area contributed by atoms with E-state index in [-0.39, 0.29) is 12.5 Å². The predicted molar refractivity (Wildman–Crippen MR) is 89.1 cm³/mol. The number of piperidine rings is 1. The van der Waals surface area contributed by atoms with E-state index in [0.29, 0.717) is 37.8 Å². The van der Waals surface area contributed by atoms with E-state index in [1.165, 1.54) is 0 Å². The summed E-state index contributed by atoms with van der Waals surface area (Å²) in [5, 5.41) is 9.25. The van der Waals surface area contributed by atoms with Gasteiger partial charge in [0.2, 0.25) is 5.91 Å². The lowest BCUT2D eigenvalue weighted by molar-refractivity contribution is -0.137. The Balaban J connectivity index is 1.79. The zero-order valence-electron chi connectivity index (χ0n) is 14.1. The zero-order valence-corrected chi connectivity index (χ0v) is 14.1. The van der Waals surface area contributed by atoms with Crippen molar-refractivity contribution in [2.45, 2.75) is 19.3 Å². The van der Waals surface area contributed by atoms with Gasteiger partial charge in [-0.2, -0.15) is 0 Å². The number of nitrogens with zero attached hydrogens (tertiary/aromatic N) is 1. The van der Waals surface area contributed by atoms with Crippen molar-refractivity contribution < 1.29 is 24.2 Å². The number of carboxylic acid groups (broad SMARTS) is 1. The molecule has 1 amide bonds. The Morgan fingerprint density at radius 2 is 1.92 bits per heavy atom. The third kappa shape index (κ3) is 5.32. The van der Waals surface area contributed by atoms with E-state index in [2.05, 4.69) is 0 Å². The van der Waals surface area contributed by atoms with Gasteiger partial charge in [-0.25, -0.2) is 4.79 Å². The first-order chi connectivity index (χ1) is 11.6. The van der Waals surface area contributed by atoms with E-state index < -0.39 is 5.97 Å². The lowest BCUT2D eigenvalue weighted by Gasteiger charge is -2.32. The van der Waals surface area contributed by atoms with Crippen LogP contribution in [0.15, 0.2) is 24.3 Å². The summed E-state index contributed by atoms with van der Waals surface area (Å²) < 4.78 is 10.1. The van der Waals surface area contributed by atoms with Gasteiger partial charge >= 0.3 is 5.97 Å². The van der Waals surface area contributed by atoms with Gasteiger partial charge in [0.25, 0.3) is 0 Å². The molecule has 1 fully saturated rings. The van der Waals surface area contributed by atoms with Crippen LogP contribution in [0.5, 0.6) is 0 Å². The van der Waals surface area contributed by atoms with Crippen LogP contribution in [-0.2, 0) is 20.7 Å². The highest BCUT2D eigenvalue weighted by atomic mass is 16.5. The van der Waals surface area contributed by atoms with Crippen LogP contribution in [0.25, 0.3) is 0 Å². The molecule has 2 rings (SSSR count). The first kappa shape index (κ1) is 18.4. The molecule has 1 aliphatic heterocycles. The van der Waals surface area contributed by atoms with E-state index in [1.807, 2.05) is 17.0 Å². The van der Waals surface area contributed by atoms with E-state index in [1.54, 1.807) is 19.2 Å². The van der Waals surface area contributed by atoms with Crippen LogP contribution in [-0.4, -0.2) is 61.9 Å². The number of amides is 1. The van der Waals surface area contributed by atoms with Gasteiger partial charge in [0.15, 0.2) is 0 Å². The van der Waals surface area contributed by atoms with Gasteiger partial charge in [-0.3, -0.25) is 4.79 Å². The number of hydrogen-bond donors (Lipinski definition) is 1. The molecule has 0 aliphatic carbocycles. The molecule has 6 heteroatoms. The Labute approximate surface area is 142 Å². The van der Waals surface area contributed by atoms with Gasteiger partial charge in [-0.15, -0.1) is 0 Å². The maximum atomic E-state index is 12.1. The summed E-state index contributed by atoms with van der Waals surface area (Å²) in [7, 11) is 1.60. The van der Waals surface area contributed by atoms with Crippen LogP contribution in [0.1, 0.15) is 28.8 Å². The molecule has 0 saturated carbocycles. The maximum Gasteiger partial charge on any atom is 0.335 e. The minimum Gasteiger partial charge on any atom is -0.478 e. The van der Waals surface area contributed by atoms with E-state index in [4.69, 9.17) is 9.47 Å². The van der Waals surface area contributed by atoms with Crippen molar-refractivity contribution in [3.63, 3.8) is 0 Å². The van der Waals surface area contributed by atoms with Crippen molar-refractivity contribution in [2.75, 3.05) is 40.0 Å². The molecule has 1 aromatic carbocycles. The molecule has 0 unspecified atom stereocenters. The lowest BCUT2D eigenvalue weighted by Crippen LogP contribution is -2.41. The molecule has 0 spiro atoms. The average Bonchev–Trinajstić information content (AvgIpc) is 2.59. The largest absolute Gasteiger partial charge is 0.478 e. The summed E-state index contributed by atoms with van der Waals surface area (Å²) >= 11 is 0. The molecule has 1 saturated heterocycles. The smallest absolute Gasteiger partial charge is 0.335 e. The number of carboxylic acids is 1. The number of carbonyl (C=O) groups is 2. The fourth-order valence-electron chi connectivity index (χ4n) is 3.00. The van der Waals surface area contributed by atoms with Gasteiger partial charge in [0, 0.05) is 20.2 Å². The van der Waals surface area contributed by atoms with Crippen molar-refractivity contribution in [2.24, 2.45) is 5.92 Å². The second kappa shape index (κ2) is 9.39. The fraction of sp³-hybridized carbons (Fsp3) is 0.556. The molecular formula is C18H25NO5. The number of benzene rings is 1. The number of methoxy groups -OCH3 is 1. The van der Waals surface area contributed by atoms with E-state index >= 15 is 0 Å². The number of hydrogen-bond acceptors (Lipinski definition) is 4. The molecule has 1 N–H and O–H groups in total. The van der Waals surface area contributed by atoms with Crippen molar-refractivity contribution in [1.82, 2.24) is 4.90 Å². The van der Waals surface area contributed by atoms with Crippen LogP contribution >= 0.6 is 0 Å². The summed E-state index contributed by atoms with van der Waals surface area (Å²) in [6.45, 7) is 2.40. The second-order valence-corrected chi connectivity index (χ2v) is 6.04. The molecule has 24 heavy (non-hydrogen) atoms. The number of likely N-dealkylation sites (tertiary alicyclic amines) is 1. The van der Waals surface area contributed by atoms with Crippen LogP contribution in [0.2, 0.25) is 0 Å². The summed E-state index contributed by atoms with van der Waals surface area (Å²) in [4.78, 5) is 25.2. The minimum atomic E-state index is -0.883. The van der Waals surface area contributed by atoms with Gasteiger partial charge in [-0.05, 0) is 36.8 Å². The third-order valence-corrected chi connectivity index (χ3v) is 4.38. The fourth-order valence-corrected chi connectivity index (χ4v) is 3.00. The number of rotatable bonds is 8. The SMILES string of the molecule is COCCOCC(=O)N1CCC(Cc2ccccc2C(=O)O)CC1. The Hall–Kier alpha value is -1.92. The Kier molecular flexibility index (Phi) is 7.21. The van der Waals surface area contributed by atoms with E-state index in [9.17, 15) is 14.7 Å². The molecule has 6 nitrogen and oxygen atoms in total. The van der Waals surface area contributed by atoms with Crippen molar-refractivity contribution >= 4 is 11.9 Å². The third-order valence-electron chi connectivity index (χ3n) is 4.38. The average molecular weight is 335 g/mol. The molecule has 1 aliphatic rings. The zero-order chi connectivity index (χ0) is 17.4. The maximum absolute atomic E-state index is 12.1. The van der Waals surface area contributed by atoms with Gasteiger partial charge in [0.05, 0.1) is 18.8 Å². The molecule has 1 aromatic rings. The summed E-state index contributed by atoms with van der Waals surface area (Å²) in [6, 6.07) is 7.15. The Morgan fingerprint density at radius 1 is 1.21 bits per heavy atom. The summed E-state index contributed by atoms with van der Waals surface area (Å²) in [5.74, 6) is -0.467. The molecule has 132 valence electrons. The van der Waals surface area contributed by atoms with Crippen LogP contribution < -0.4 is 0 Å². The molecule has 0 bridgehead atoms. The van der Waals surface area contributed by atoms with Gasteiger partial charge in [0.1, 0.15) is 6.61 Å². The van der Waals surface area contributed by atoms with Crippen LogP contribution in [0.3, 0.4) is 0 Å². The summed E-state index contributed by atoms with van der Waals surface area (Å²) in [5.41, 5.74) is 1.25. The molecule has 0 aromatic heterocycles. The van der Waals surface area contributed by atoms with Crippen LogP contribution in [0.4, 0.5) is 0 Å². The predicted octanol–water partition coefficient (Wildman–Crippen LogP) is 1.83. The molecule has 1 heterocycles. The monoisotopic (exact) mass is 335 g/mol. The summed E-state index contributed by atoms with van der Waals surface area (Å²) in [6.07, 6.45) is 2.52. The topological polar surface area (TPSA) is 76.1 Å². The van der Waals surface area contributed by atoms with Crippen LogP contribution in [0, 0.1) is 5.92 Å². The molecule has 0 radical (unpaired) electrons. The normalized spacial score (nSPS) is 15.5.